The highest BCUT2D eigenvalue weighted by Gasteiger charge is 2.07. The zero-order valence-electron chi connectivity index (χ0n) is 6.87. The third kappa shape index (κ3) is 0.845. The first-order valence-electron chi connectivity index (χ1n) is 3.58. The molecule has 62 valence electrons. The molecule has 0 unspecified atom stereocenters. The van der Waals surface area contributed by atoms with Crippen LogP contribution in [-0.2, 0) is 0 Å². The molecule has 0 amide bonds. The molecule has 1 aromatic heterocycles. The third-order valence-corrected chi connectivity index (χ3v) is 1.84. The molecule has 0 atom stereocenters. The Morgan fingerprint density at radius 3 is 3.00 bits per heavy atom. The maximum atomic E-state index is 5.11. The van der Waals surface area contributed by atoms with Gasteiger partial charge >= 0.3 is 0 Å². The van der Waals surface area contributed by atoms with Gasteiger partial charge < -0.3 is 9.26 Å². The summed E-state index contributed by atoms with van der Waals surface area (Å²) in [6, 6.07) is 3.63. The predicted molar refractivity (Wildman–Crippen MR) is 43.1 cm³/mol. The SMILES string of the molecule is COc1ccc2onnc2c1C. The van der Waals surface area contributed by atoms with Gasteiger partial charge in [0.15, 0.2) is 5.58 Å². The van der Waals surface area contributed by atoms with Gasteiger partial charge in [0.05, 0.1) is 7.11 Å². The Balaban J connectivity index is 2.78. The van der Waals surface area contributed by atoms with Crippen LogP contribution in [0.4, 0.5) is 0 Å². The van der Waals surface area contributed by atoms with Gasteiger partial charge in [-0.2, -0.15) is 0 Å². The van der Waals surface area contributed by atoms with E-state index in [1.807, 2.05) is 13.0 Å². The van der Waals surface area contributed by atoms with Gasteiger partial charge in [0.25, 0.3) is 0 Å². The molecule has 0 aliphatic heterocycles. The summed E-state index contributed by atoms with van der Waals surface area (Å²) in [6.07, 6.45) is 0. The van der Waals surface area contributed by atoms with E-state index in [0.717, 1.165) is 16.8 Å². The summed E-state index contributed by atoms with van der Waals surface area (Å²) in [7, 11) is 1.63. The summed E-state index contributed by atoms with van der Waals surface area (Å²) in [5.41, 5.74) is 2.40. The van der Waals surface area contributed by atoms with Crippen molar-refractivity contribution in [3.63, 3.8) is 0 Å². The van der Waals surface area contributed by atoms with Gasteiger partial charge in [-0.25, -0.2) is 0 Å². The lowest BCUT2D eigenvalue weighted by Crippen LogP contribution is -1.87. The van der Waals surface area contributed by atoms with E-state index in [1.54, 1.807) is 13.2 Å². The lowest BCUT2D eigenvalue weighted by molar-refractivity contribution is 0.411. The number of aryl methyl sites for hydroxylation is 1. The first-order chi connectivity index (χ1) is 5.83. The first-order valence-corrected chi connectivity index (χ1v) is 3.58. The highest BCUT2D eigenvalue weighted by atomic mass is 16.5. The fourth-order valence-corrected chi connectivity index (χ4v) is 1.18. The first kappa shape index (κ1) is 7.09. The van der Waals surface area contributed by atoms with Gasteiger partial charge in [0.1, 0.15) is 11.3 Å². The topological polar surface area (TPSA) is 48.2 Å². The molecule has 12 heavy (non-hydrogen) atoms. The van der Waals surface area contributed by atoms with Crippen LogP contribution >= 0.6 is 0 Å². The van der Waals surface area contributed by atoms with Crippen molar-refractivity contribution in [3.8, 4) is 5.75 Å². The minimum Gasteiger partial charge on any atom is -0.496 e. The van der Waals surface area contributed by atoms with Crippen molar-refractivity contribution in [1.82, 2.24) is 10.4 Å². The van der Waals surface area contributed by atoms with Crippen LogP contribution in [0.1, 0.15) is 5.56 Å². The molecule has 0 N–H and O–H groups in total. The molecule has 0 bridgehead atoms. The number of hydrogen-bond donors (Lipinski definition) is 0. The molecule has 4 heteroatoms. The molecule has 2 rings (SSSR count). The zero-order valence-corrected chi connectivity index (χ0v) is 6.87. The normalized spacial score (nSPS) is 10.5. The average Bonchev–Trinajstić information content (AvgIpc) is 2.53. The fraction of sp³-hybridized carbons (Fsp3) is 0.250. The van der Waals surface area contributed by atoms with Crippen LogP contribution < -0.4 is 4.74 Å². The number of rotatable bonds is 1. The second kappa shape index (κ2) is 2.48. The van der Waals surface area contributed by atoms with Gasteiger partial charge in [0, 0.05) is 10.8 Å². The molecule has 4 nitrogen and oxygen atoms in total. The van der Waals surface area contributed by atoms with Crippen LogP contribution in [0.2, 0.25) is 0 Å². The molecular formula is C8H8N2O2. The van der Waals surface area contributed by atoms with Crippen molar-refractivity contribution in [1.29, 1.82) is 0 Å². The number of aromatic nitrogens is 2. The van der Waals surface area contributed by atoms with E-state index in [0.29, 0.717) is 5.58 Å². The maximum Gasteiger partial charge on any atom is 0.188 e. The van der Waals surface area contributed by atoms with E-state index < -0.39 is 0 Å². The van der Waals surface area contributed by atoms with E-state index in [4.69, 9.17) is 9.26 Å². The zero-order chi connectivity index (χ0) is 8.55. The van der Waals surface area contributed by atoms with Crippen LogP contribution in [0.25, 0.3) is 11.1 Å². The fourth-order valence-electron chi connectivity index (χ4n) is 1.18. The Morgan fingerprint density at radius 2 is 2.25 bits per heavy atom. The number of fused-ring (bicyclic) bond motifs is 1. The number of nitrogens with zero attached hydrogens (tertiary/aromatic N) is 2. The van der Waals surface area contributed by atoms with Crippen molar-refractivity contribution < 1.29 is 9.26 Å². The predicted octanol–water partition coefficient (Wildman–Crippen LogP) is 1.54. The van der Waals surface area contributed by atoms with Gasteiger partial charge in [-0.3, -0.25) is 0 Å². The third-order valence-electron chi connectivity index (χ3n) is 1.84. The van der Waals surface area contributed by atoms with E-state index >= 15 is 0 Å². The molecule has 0 radical (unpaired) electrons. The Bertz CT molecular complexity index is 408. The minimum absolute atomic E-state index is 0.688. The average molecular weight is 164 g/mol. The quantitative estimate of drug-likeness (QED) is 0.641. The lowest BCUT2D eigenvalue weighted by atomic mass is 10.2. The molecule has 0 spiro atoms. The van der Waals surface area contributed by atoms with Crippen molar-refractivity contribution in [2.45, 2.75) is 6.92 Å². The Labute approximate surface area is 69.1 Å². The van der Waals surface area contributed by atoms with Gasteiger partial charge in [-0.15, -0.1) is 5.10 Å². The second-order valence-corrected chi connectivity index (χ2v) is 2.51. The monoisotopic (exact) mass is 164 g/mol. The molecule has 0 aliphatic rings. The number of hydrogen-bond acceptors (Lipinski definition) is 4. The van der Waals surface area contributed by atoms with Crippen molar-refractivity contribution in [2.24, 2.45) is 0 Å². The number of methoxy groups -OCH3 is 1. The van der Waals surface area contributed by atoms with Crippen molar-refractivity contribution >= 4 is 11.1 Å². The van der Waals surface area contributed by atoms with Gasteiger partial charge in [-0.1, -0.05) is 0 Å². The summed E-state index contributed by atoms with van der Waals surface area (Å²) in [5.74, 6) is 0.804. The van der Waals surface area contributed by atoms with E-state index in [1.165, 1.54) is 0 Å². The molecule has 0 saturated heterocycles. The Morgan fingerprint density at radius 1 is 1.42 bits per heavy atom. The molecule has 1 aromatic carbocycles. The molecular weight excluding hydrogens is 156 g/mol. The van der Waals surface area contributed by atoms with Crippen LogP contribution in [0.3, 0.4) is 0 Å². The van der Waals surface area contributed by atoms with Crippen molar-refractivity contribution in [2.75, 3.05) is 7.11 Å². The summed E-state index contributed by atoms with van der Waals surface area (Å²) in [5, 5.41) is 7.29. The number of benzene rings is 1. The summed E-state index contributed by atoms with van der Waals surface area (Å²) >= 11 is 0. The number of ether oxygens (including phenoxy) is 1. The maximum absolute atomic E-state index is 5.11. The van der Waals surface area contributed by atoms with Crippen LogP contribution in [-0.4, -0.2) is 17.5 Å². The van der Waals surface area contributed by atoms with E-state index in [-0.39, 0.29) is 0 Å². The summed E-state index contributed by atoms with van der Waals surface area (Å²) < 4.78 is 9.99. The standard InChI is InChI=1S/C8H8N2O2/c1-5-6(11-2)3-4-7-8(5)9-10-12-7/h3-4H,1-2H3. The molecule has 0 saturated carbocycles. The molecule has 0 fully saturated rings. The van der Waals surface area contributed by atoms with Gasteiger partial charge in [0.2, 0.25) is 0 Å². The Hall–Kier alpha value is -1.58. The van der Waals surface area contributed by atoms with Gasteiger partial charge in [-0.05, 0) is 19.1 Å². The molecule has 2 aromatic rings. The molecule has 0 aliphatic carbocycles. The highest BCUT2D eigenvalue weighted by Crippen LogP contribution is 2.24. The smallest absolute Gasteiger partial charge is 0.188 e. The van der Waals surface area contributed by atoms with Crippen molar-refractivity contribution in [3.05, 3.63) is 17.7 Å². The second-order valence-electron chi connectivity index (χ2n) is 2.51. The minimum atomic E-state index is 0.688. The summed E-state index contributed by atoms with van der Waals surface area (Å²) in [4.78, 5) is 0. The Kier molecular flexibility index (Phi) is 1.46. The largest absolute Gasteiger partial charge is 0.496 e. The van der Waals surface area contributed by atoms with Crippen LogP contribution in [0, 0.1) is 6.92 Å². The van der Waals surface area contributed by atoms with E-state index in [2.05, 4.69) is 10.4 Å². The van der Waals surface area contributed by atoms with Crippen LogP contribution in [0.5, 0.6) is 5.75 Å². The highest BCUT2D eigenvalue weighted by molar-refractivity contribution is 5.77. The summed E-state index contributed by atoms with van der Waals surface area (Å²) in [6.45, 7) is 1.92. The van der Waals surface area contributed by atoms with Crippen LogP contribution in [0.15, 0.2) is 16.7 Å². The van der Waals surface area contributed by atoms with E-state index in [9.17, 15) is 0 Å². The lowest BCUT2D eigenvalue weighted by Gasteiger charge is -2.01. The molecule has 1 heterocycles.